The molecule has 1 aliphatic heterocycles. The van der Waals surface area contributed by atoms with Gasteiger partial charge in [0.15, 0.2) is 6.35 Å². The molecule has 1 aliphatic rings. The lowest BCUT2D eigenvalue weighted by Gasteiger charge is -2.30. The van der Waals surface area contributed by atoms with E-state index in [9.17, 15) is 9.67 Å². The zero-order valence-electron chi connectivity index (χ0n) is 19.5. The Balaban J connectivity index is 1.40. The van der Waals surface area contributed by atoms with Crippen molar-refractivity contribution in [1.29, 1.82) is 0 Å². The summed E-state index contributed by atoms with van der Waals surface area (Å²) in [7, 11) is -2.87. The number of benzene rings is 2. The quantitative estimate of drug-likeness (QED) is 0.381. The van der Waals surface area contributed by atoms with E-state index in [4.69, 9.17) is 9.26 Å². The summed E-state index contributed by atoms with van der Waals surface area (Å²) in [5.41, 5.74) is 5.45. The number of pyridine rings is 1. The van der Waals surface area contributed by atoms with Crippen LogP contribution in [0, 0.1) is 6.92 Å². The first kappa shape index (κ1) is 23.5. The van der Waals surface area contributed by atoms with Gasteiger partial charge in [0.2, 0.25) is 7.37 Å². The zero-order valence-corrected chi connectivity index (χ0v) is 20.4. The molecule has 0 radical (unpaired) electrons. The van der Waals surface area contributed by atoms with Crippen LogP contribution in [0.2, 0.25) is 0 Å². The minimum absolute atomic E-state index is 0.0864. The Hall–Kier alpha value is -2.62. The van der Waals surface area contributed by atoms with Crippen molar-refractivity contribution in [1.82, 2.24) is 4.98 Å². The summed E-state index contributed by atoms with van der Waals surface area (Å²) in [6.45, 7) is 6.22. The van der Waals surface area contributed by atoms with E-state index in [0.717, 1.165) is 41.5 Å². The molecule has 5 nitrogen and oxygen atoms in total. The highest BCUT2D eigenvalue weighted by Gasteiger charge is 2.33. The van der Waals surface area contributed by atoms with Crippen molar-refractivity contribution >= 4 is 7.37 Å². The first-order valence-corrected chi connectivity index (χ1v) is 13.5. The molecule has 0 amide bonds. The molecule has 3 aromatic rings. The monoisotopic (exact) mass is 465 g/mol. The summed E-state index contributed by atoms with van der Waals surface area (Å²) >= 11 is 0. The Bertz CT molecular complexity index is 1150. The Kier molecular flexibility index (Phi) is 7.21. The number of rotatable bonds is 7. The number of aromatic nitrogens is 1. The van der Waals surface area contributed by atoms with E-state index < -0.39 is 7.37 Å². The van der Waals surface area contributed by atoms with E-state index >= 15 is 0 Å². The van der Waals surface area contributed by atoms with Crippen molar-refractivity contribution < 1.29 is 18.9 Å². The minimum atomic E-state index is -2.87. The summed E-state index contributed by atoms with van der Waals surface area (Å²) in [6.07, 6.45) is 6.44. The first-order valence-electron chi connectivity index (χ1n) is 11.5. The average Bonchev–Trinajstić information content (AvgIpc) is 2.81. The molecule has 1 saturated heterocycles. The fourth-order valence-electron chi connectivity index (χ4n) is 4.28. The normalized spacial score (nSPS) is 20.7. The van der Waals surface area contributed by atoms with Gasteiger partial charge >= 0.3 is 0 Å². The summed E-state index contributed by atoms with van der Waals surface area (Å²) < 4.78 is 25.3. The molecule has 2 aromatic carbocycles. The number of aromatic hydroxyl groups is 1. The van der Waals surface area contributed by atoms with Gasteiger partial charge in [0.05, 0.1) is 6.10 Å². The van der Waals surface area contributed by atoms with Crippen LogP contribution in [-0.4, -0.2) is 22.6 Å². The Labute approximate surface area is 196 Å². The molecule has 2 atom stereocenters. The van der Waals surface area contributed by atoms with Gasteiger partial charge in [-0.05, 0) is 90.3 Å². The van der Waals surface area contributed by atoms with Gasteiger partial charge in [-0.2, -0.15) is 0 Å². The van der Waals surface area contributed by atoms with Gasteiger partial charge in [0.25, 0.3) is 0 Å². The van der Waals surface area contributed by atoms with Crippen LogP contribution in [-0.2, 0) is 15.5 Å². The summed E-state index contributed by atoms with van der Waals surface area (Å²) in [5.74, 6) is 1.32. The highest BCUT2D eigenvalue weighted by atomic mass is 31.2. The molecule has 1 unspecified atom stereocenters. The largest absolute Gasteiger partial charge is 0.508 e. The lowest BCUT2D eigenvalue weighted by molar-refractivity contribution is 0.169. The summed E-state index contributed by atoms with van der Waals surface area (Å²) in [6, 6.07) is 15.6. The predicted octanol–water partition coefficient (Wildman–Crippen LogP) is 6.98. The SMILES string of the molecule is Cc1cc(OC[P@]2(=O)CCCC(c3ccncc3)O2)ccc1Cc1ccc(O)c(C(C)C)c1. The van der Waals surface area contributed by atoms with Crippen molar-refractivity contribution in [3.63, 3.8) is 0 Å². The van der Waals surface area contributed by atoms with Crippen molar-refractivity contribution in [2.45, 2.75) is 52.1 Å². The van der Waals surface area contributed by atoms with Crippen LogP contribution >= 0.6 is 7.37 Å². The predicted molar refractivity (Wildman–Crippen MR) is 131 cm³/mol. The second-order valence-electron chi connectivity index (χ2n) is 9.14. The van der Waals surface area contributed by atoms with E-state index in [1.165, 1.54) is 5.56 Å². The van der Waals surface area contributed by atoms with Crippen LogP contribution in [0.15, 0.2) is 60.9 Å². The summed E-state index contributed by atoms with van der Waals surface area (Å²) in [4.78, 5) is 4.05. The maximum atomic E-state index is 13.3. The van der Waals surface area contributed by atoms with E-state index in [2.05, 4.69) is 37.9 Å². The lowest BCUT2D eigenvalue weighted by Crippen LogP contribution is -2.15. The number of hydrogen-bond acceptors (Lipinski definition) is 5. The standard InChI is InChI=1S/C27H32NO4P/c1-19(2)25-17-21(6-9-26(25)29)16-23-7-8-24(15-20(23)3)31-18-33(30)14-4-5-27(32-33)22-10-12-28-13-11-22/h6-13,15,17,19,27,29H,4-5,14,16,18H2,1-3H3/t27?,33-/m0/s1. The molecule has 4 rings (SSSR count). The fraction of sp³-hybridized carbons (Fsp3) is 0.370. The molecular weight excluding hydrogens is 433 g/mol. The fourth-order valence-corrected chi connectivity index (χ4v) is 6.28. The molecule has 1 N–H and O–H groups in total. The van der Waals surface area contributed by atoms with Gasteiger partial charge in [0, 0.05) is 18.6 Å². The number of nitrogens with zero attached hydrogens (tertiary/aromatic N) is 1. The number of phenolic OH excluding ortho intramolecular Hbond substituents is 1. The molecule has 6 heteroatoms. The van der Waals surface area contributed by atoms with Crippen LogP contribution in [0.4, 0.5) is 0 Å². The smallest absolute Gasteiger partial charge is 0.239 e. The van der Waals surface area contributed by atoms with Crippen molar-refractivity contribution in [2.24, 2.45) is 0 Å². The molecule has 33 heavy (non-hydrogen) atoms. The van der Waals surface area contributed by atoms with Gasteiger partial charge in [0.1, 0.15) is 11.5 Å². The van der Waals surface area contributed by atoms with Crippen molar-refractivity contribution in [2.75, 3.05) is 12.5 Å². The van der Waals surface area contributed by atoms with Crippen LogP contribution in [0.5, 0.6) is 11.5 Å². The number of aryl methyl sites for hydroxylation is 1. The van der Waals surface area contributed by atoms with Crippen LogP contribution < -0.4 is 4.74 Å². The van der Waals surface area contributed by atoms with Crippen LogP contribution in [0.25, 0.3) is 0 Å². The molecular formula is C27H32NO4P. The third kappa shape index (κ3) is 5.85. The zero-order chi connectivity index (χ0) is 23.4. The van der Waals surface area contributed by atoms with Crippen LogP contribution in [0.3, 0.4) is 0 Å². The second-order valence-corrected chi connectivity index (χ2v) is 11.7. The second kappa shape index (κ2) is 10.1. The minimum Gasteiger partial charge on any atom is -0.508 e. The molecule has 1 aromatic heterocycles. The topological polar surface area (TPSA) is 68.7 Å². The molecule has 0 saturated carbocycles. The third-order valence-electron chi connectivity index (χ3n) is 6.21. The van der Waals surface area contributed by atoms with Crippen molar-refractivity contribution in [3.05, 3.63) is 88.7 Å². The van der Waals surface area contributed by atoms with Gasteiger partial charge in [-0.3, -0.25) is 9.55 Å². The Morgan fingerprint density at radius 1 is 1.15 bits per heavy atom. The number of hydrogen-bond donors (Lipinski definition) is 1. The third-order valence-corrected chi connectivity index (χ3v) is 8.37. The van der Waals surface area contributed by atoms with Gasteiger partial charge in [-0.1, -0.05) is 32.0 Å². The van der Waals surface area contributed by atoms with E-state index in [1.807, 2.05) is 30.3 Å². The molecule has 0 bridgehead atoms. The molecule has 1 fully saturated rings. The van der Waals surface area contributed by atoms with E-state index in [1.54, 1.807) is 18.5 Å². The maximum absolute atomic E-state index is 13.3. The van der Waals surface area contributed by atoms with Gasteiger partial charge in [-0.25, -0.2) is 0 Å². The number of phenols is 1. The Morgan fingerprint density at radius 2 is 1.94 bits per heavy atom. The van der Waals surface area contributed by atoms with Gasteiger partial charge < -0.3 is 14.4 Å². The molecule has 174 valence electrons. The molecule has 0 aliphatic carbocycles. The highest BCUT2D eigenvalue weighted by Crippen LogP contribution is 2.56. The highest BCUT2D eigenvalue weighted by molar-refractivity contribution is 7.58. The average molecular weight is 466 g/mol. The summed E-state index contributed by atoms with van der Waals surface area (Å²) in [5, 5.41) is 10.1. The molecule has 2 heterocycles. The lowest BCUT2D eigenvalue weighted by atomic mass is 9.95. The van der Waals surface area contributed by atoms with Crippen molar-refractivity contribution in [3.8, 4) is 11.5 Å². The number of ether oxygens (including phenoxy) is 1. The first-order chi connectivity index (χ1) is 15.8. The molecule has 0 spiro atoms. The Morgan fingerprint density at radius 3 is 2.67 bits per heavy atom. The van der Waals surface area contributed by atoms with Crippen LogP contribution in [0.1, 0.15) is 66.5 Å². The van der Waals surface area contributed by atoms with E-state index in [-0.39, 0.29) is 18.4 Å². The maximum Gasteiger partial charge on any atom is 0.239 e. The van der Waals surface area contributed by atoms with E-state index in [0.29, 0.717) is 17.7 Å². The van der Waals surface area contributed by atoms with Gasteiger partial charge in [-0.15, -0.1) is 0 Å².